The number of thiocarbonyl (C=S) groups is 1. The van der Waals surface area contributed by atoms with Crippen LogP contribution in [0.4, 0.5) is 0 Å². The summed E-state index contributed by atoms with van der Waals surface area (Å²) in [5.41, 5.74) is 5.24. The minimum Gasteiger partial charge on any atom is -0.392 e. The quantitative estimate of drug-likeness (QED) is 0.656. The first-order chi connectivity index (χ1) is 5.73. The summed E-state index contributed by atoms with van der Waals surface area (Å²) in [5, 5.41) is 0. The van der Waals surface area contributed by atoms with Crippen LogP contribution in [0.25, 0.3) is 0 Å². The molecule has 0 spiro atoms. The van der Waals surface area contributed by atoms with Gasteiger partial charge in [0.15, 0.2) is 0 Å². The lowest BCUT2D eigenvalue weighted by atomic mass is 10.2. The first-order valence-electron chi connectivity index (χ1n) is 4.01. The van der Waals surface area contributed by atoms with Gasteiger partial charge in [-0.3, -0.25) is 0 Å². The Morgan fingerprint density at radius 2 is 2.15 bits per heavy atom. The van der Waals surface area contributed by atoms with Crippen molar-refractivity contribution in [3.8, 4) is 0 Å². The lowest BCUT2D eigenvalue weighted by Crippen LogP contribution is -2.35. The number of sulfonamides is 1. The highest BCUT2D eigenvalue weighted by Crippen LogP contribution is 2.44. The summed E-state index contributed by atoms with van der Waals surface area (Å²) in [7, 11) is -3.30. The molecule has 3 N–H and O–H groups in total. The number of rotatable bonds is 4. The van der Waals surface area contributed by atoms with Crippen molar-refractivity contribution < 1.29 is 8.42 Å². The minimum absolute atomic E-state index is 0.00551. The first kappa shape index (κ1) is 10.9. The number of nitrogens with two attached hydrogens (primary N) is 1. The molecular weight excluding hydrogens is 208 g/mol. The number of hydrogen-bond donors (Lipinski definition) is 2. The largest absolute Gasteiger partial charge is 0.392 e. The van der Waals surface area contributed by atoms with Crippen molar-refractivity contribution in [3.63, 3.8) is 0 Å². The molecule has 0 aliphatic heterocycles. The molecule has 0 aromatic heterocycles. The van der Waals surface area contributed by atoms with Gasteiger partial charge in [0.05, 0.1) is 4.99 Å². The maximum absolute atomic E-state index is 11.3. The molecule has 0 amide bonds. The zero-order valence-electron chi connectivity index (χ0n) is 7.70. The van der Waals surface area contributed by atoms with E-state index in [0.29, 0.717) is 0 Å². The second-order valence-corrected chi connectivity index (χ2v) is 6.37. The Labute approximate surface area is 83.9 Å². The van der Waals surface area contributed by atoms with Crippen LogP contribution in [0.5, 0.6) is 0 Å². The van der Waals surface area contributed by atoms with E-state index in [0.717, 1.165) is 6.42 Å². The molecule has 1 saturated carbocycles. The first-order valence-corrected chi connectivity index (χ1v) is 6.07. The van der Waals surface area contributed by atoms with E-state index in [-0.39, 0.29) is 22.2 Å². The Morgan fingerprint density at radius 3 is 2.46 bits per heavy atom. The van der Waals surface area contributed by atoms with Crippen LogP contribution in [0.2, 0.25) is 0 Å². The topological polar surface area (TPSA) is 72.2 Å². The summed E-state index contributed by atoms with van der Waals surface area (Å²) < 4.78 is 25.2. The Balaban J connectivity index is 2.50. The van der Waals surface area contributed by atoms with Gasteiger partial charge in [0.1, 0.15) is 5.75 Å². The van der Waals surface area contributed by atoms with Crippen LogP contribution in [0.1, 0.15) is 20.3 Å². The third-order valence-electron chi connectivity index (χ3n) is 2.17. The second-order valence-electron chi connectivity index (χ2n) is 4.09. The van der Waals surface area contributed by atoms with Crippen LogP contribution >= 0.6 is 12.2 Å². The average Bonchev–Trinajstić information content (AvgIpc) is 2.32. The molecule has 6 heteroatoms. The zero-order chi connectivity index (χ0) is 10.3. The summed E-state index contributed by atoms with van der Waals surface area (Å²) in [6.07, 6.45) is 0.879. The molecule has 0 aromatic rings. The minimum atomic E-state index is -3.30. The SMILES string of the molecule is CC1(C)CC1NS(=O)(=O)CC(N)=S. The van der Waals surface area contributed by atoms with Gasteiger partial charge in [0.25, 0.3) is 0 Å². The summed E-state index contributed by atoms with van der Waals surface area (Å²) in [6, 6.07) is 0.0480. The van der Waals surface area contributed by atoms with Gasteiger partial charge in [-0.15, -0.1) is 0 Å². The molecule has 0 saturated heterocycles. The van der Waals surface area contributed by atoms with Gasteiger partial charge < -0.3 is 5.73 Å². The molecule has 1 aliphatic carbocycles. The second kappa shape index (κ2) is 3.18. The van der Waals surface area contributed by atoms with Crippen molar-refractivity contribution in [1.29, 1.82) is 0 Å². The standard InChI is InChI=1S/C7H14N2O2S2/c1-7(2)3-5(7)9-13(10,11)4-6(8)12/h5,9H,3-4H2,1-2H3,(H2,8,12). The number of nitrogens with one attached hydrogen (secondary N) is 1. The lowest BCUT2D eigenvalue weighted by Gasteiger charge is -2.06. The Morgan fingerprint density at radius 1 is 1.69 bits per heavy atom. The van der Waals surface area contributed by atoms with Crippen LogP contribution in [0, 0.1) is 5.41 Å². The van der Waals surface area contributed by atoms with E-state index in [1.807, 2.05) is 13.8 Å². The highest BCUT2D eigenvalue weighted by Gasteiger charge is 2.47. The fraction of sp³-hybridized carbons (Fsp3) is 0.857. The maximum Gasteiger partial charge on any atom is 0.218 e. The number of hydrogen-bond acceptors (Lipinski definition) is 3. The predicted octanol–water partition coefficient (Wildman–Crippen LogP) is -0.00960. The van der Waals surface area contributed by atoms with Gasteiger partial charge in [-0.1, -0.05) is 26.1 Å². The van der Waals surface area contributed by atoms with Crippen LogP contribution in [0.3, 0.4) is 0 Å². The molecule has 0 bridgehead atoms. The van der Waals surface area contributed by atoms with E-state index >= 15 is 0 Å². The van der Waals surface area contributed by atoms with Gasteiger partial charge in [-0.05, 0) is 11.8 Å². The van der Waals surface area contributed by atoms with Crippen molar-refractivity contribution >= 4 is 27.2 Å². The normalized spacial score (nSPS) is 25.5. The van der Waals surface area contributed by atoms with Crippen molar-refractivity contribution in [2.75, 3.05) is 5.75 Å². The summed E-state index contributed by atoms with van der Waals surface area (Å²) in [6.45, 7) is 4.03. The van der Waals surface area contributed by atoms with Crippen LogP contribution in [-0.2, 0) is 10.0 Å². The molecule has 1 rings (SSSR count). The smallest absolute Gasteiger partial charge is 0.218 e. The molecule has 4 nitrogen and oxygen atoms in total. The molecule has 1 unspecified atom stereocenters. The fourth-order valence-electron chi connectivity index (χ4n) is 1.11. The van der Waals surface area contributed by atoms with E-state index in [2.05, 4.69) is 16.9 Å². The summed E-state index contributed by atoms with van der Waals surface area (Å²) in [5.74, 6) is -0.255. The molecular formula is C7H14N2O2S2. The maximum atomic E-state index is 11.3. The molecule has 0 heterocycles. The van der Waals surface area contributed by atoms with Crippen molar-refractivity contribution in [1.82, 2.24) is 4.72 Å². The molecule has 1 aliphatic rings. The van der Waals surface area contributed by atoms with Gasteiger partial charge in [-0.2, -0.15) is 0 Å². The van der Waals surface area contributed by atoms with Crippen LogP contribution in [-0.4, -0.2) is 25.2 Å². The van der Waals surface area contributed by atoms with Crippen molar-refractivity contribution in [3.05, 3.63) is 0 Å². The third kappa shape index (κ3) is 3.21. The van der Waals surface area contributed by atoms with Gasteiger partial charge in [0.2, 0.25) is 10.0 Å². The van der Waals surface area contributed by atoms with Crippen molar-refractivity contribution in [2.45, 2.75) is 26.3 Å². The Bertz CT molecular complexity index is 321. The van der Waals surface area contributed by atoms with E-state index in [1.165, 1.54) is 0 Å². The lowest BCUT2D eigenvalue weighted by molar-refractivity contribution is 0.558. The molecule has 1 atom stereocenters. The Hall–Kier alpha value is -0.200. The van der Waals surface area contributed by atoms with E-state index in [1.54, 1.807) is 0 Å². The average molecular weight is 222 g/mol. The van der Waals surface area contributed by atoms with E-state index in [4.69, 9.17) is 5.73 Å². The molecule has 13 heavy (non-hydrogen) atoms. The fourth-order valence-corrected chi connectivity index (χ4v) is 2.87. The molecule has 1 fully saturated rings. The highest BCUT2D eigenvalue weighted by molar-refractivity contribution is 7.92. The molecule has 0 radical (unpaired) electrons. The van der Waals surface area contributed by atoms with Crippen molar-refractivity contribution in [2.24, 2.45) is 11.1 Å². The van der Waals surface area contributed by atoms with Crippen LogP contribution in [0.15, 0.2) is 0 Å². The van der Waals surface area contributed by atoms with Gasteiger partial charge in [0, 0.05) is 6.04 Å². The monoisotopic (exact) mass is 222 g/mol. The predicted molar refractivity (Wildman–Crippen MR) is 55.9 cm³/mol. The molecule has 0 aromatic carbocycles. The summed E-state index contributed by atoms with van der Waals surface area (Å²) in [4.78, 5) is 0.00551. The summed E-state index contributed by atoms with van der Waals surface area (Å²) >= 11 is 4.53. The van der Waals surface area contributed by atoms with Crippen LogP contribution < -0.4 is 10.5 Å². The zero-order valence-corrected chi connectivity index (χ0v) is 9.33. The van der Waals surface area contributed by atoms with E-state index in [9.17, 15) is 8.42 Å². The van der Waals surface area contributed by atoms with Gasteiger partial charge in [-0.25, -0.2) is 13.1 Å². The third-order valence-corrected chi connectivity index (χ3v) is 3.83. The Kier molecular flexibility index (Phi) is 2.66. The highest BCUT2D eigenvalue weighted by atomic mass is 32.2. The van der Waals surface area contributed by atoms with E-state index < -0.39 is 10.0 Å². The molecule has 76 valence electrons. The van der Waals surface area contributed by atoms with Gasteiger partial charge >= 0.3 is 0 Å².